The number of benzene rings is 5. The fraction of sp³-hybridized carbons (Fsp3) is 0.176. The maximum atomic E-state index is 13.6. The molecule has 0 amide bonds. The maximum absolute atomic E-state index is 13.6. The molecule has 0 fully saturated rings. The van der Waals surface area contributed by atoms with Gasteiger partial charge in [-0.1, -0.05) is 41.5 Å². The molecule has 0 aromatic heterocycles. The van der Waals surface area contributed by atoms with Crippen LogP contribution in [0.5, 0.6) is 5.75 Å². The molecular formula is C34H28N5NaO8S. The van der Waals surface area contributed by atoms with Crippen molar-refractivity contribution in [1.82, 2.24) is 0 Å². The van der Waals surface area contributed by atoms with E-state index in [9.17, 15) is 22.6 Å². The van der Waals surface area contributed by atoms with Crippen LogP contribution in [0, 0.1) is 0 Å². The summed E-state index contributed by atoms with van der Waals surface area (Å²) in [5, 5.41) is 10.1. The maximum Gasteiger partial charge on any atom is 1.00 e. The molecule has 0 aliphatic heterocycles. The summed E-state index contributed by atoms with van der Waals surface area (Å²) in [5.74, 6) is -0.488. The van der Waals surface area contributed by atoms with Gasteiger partial charge in [-0.2, -0.15) is 0 Å². The van der Waals surface area contributed by atoms with E-state index in [1.54, 1.807) is 18.2 Å². The third-order valence-electron chi connectivity index (χ3n) is 7.78. The molecule has 6 rings (SSSR count). The zero-order valence-electron chi connectivity index (χ0n) is 26.3. The first kappa shape index (κ1) is 35.8. The molecule has 3 N–H and O–H groups in total. The Labute approximate surface area is 303 Å². The summed E-state index contributed by atoms with van der Waals surface area (Å²) in [5.41, 5.74) is 14.0. The standard InChI is InChI=1S/C34H29N5O8S.Na/c35-32-29(48(42,43)44)19-28(30-31(32)34(41)27-4-2-1-3-26(27)33(30)40)38-24-7-5-20-16-23-18-25(8-6-21(23)15-22(20)17-24)47-14-13-46-12-11-45-10-9-37-39-36;/h1-8,15-19,38H,9-14,35H2,(H,42,43,44);/q;+1/p-1. The number of nitrogens with zero attached hydrogens (tertiary/aromatic N) is 3. The van der Waals surface area contributed by atoms with Crippen LogP contribution in [0.15, 0.2) is 88.9 Å². The third kappa shape index (κ3) is 7.72. The Morgan fingerprint density at radius 1 is 0.776 bits per heavy atom. The van der Waals surface area contributed by atoms with Crippen LogP contribution in [-0.4, -0.2) is 64.1 Å². The topological polar surface area (TPSA) is 206 Å². The Hall–Kier alpha value is -4.50. The van der Waals surface area contributed by atoms with Crippen molar-refractivity contribution in [1.29, 1.82) is 0 Å². The molecule has 15 heteroatoms. The number of anilines is 3. The quantitative estimate of drug-likeness (QED) is 0.0265. The van der Waals surface area contributed by atoms with E-state index in [2.05, 4.69) is 15.3 Å². The number of nitrogens with two attached hydrogens (primary N) is 1. The van der Waals surface area contributed by atoms with E-state index in [1.165, 1.54) is 12.1 Å². The predicted octanol–water partition coefficient (Wildman–Crippen LogP) is 2.72. The summed E-state index contributed by atoms with van der Waals surface area (Å²) < 4.78 is 53.1. The molecule has 5 aromatic rings. The number of rotatable bonds is 13. The van der Waals surface area contributed by atoms with Crippen LogP contribution in [0.4, 0.5) is 17.1 Å². The first-order valence-electron chi connectivity index (χ1n) is 14.8. The number of nitrogen functional groups attached to an aromatic ring is 1. The fourth-order valence-electron chi connectivity index (χ4n) is 5.59. The van der Waals surface area contributed by atoms with E-state index in [-0.39, 0.29) is 64.0 Å². The number of hydrogen-bond acceptors (Lipinski definition) is 11. The minimum atomic E-state index is -5.09. The molecule has 5 aromatic carbocycles. The summed E-state index contributed by atoms with van der Waals surface area (Å²) in [6, 6.07) is 22.3. The number of ether oxygens (including phenoxy) is 3. The van der Waals surface area contributed by atoms with Crippen molar-refractivity contribution >= 4 is 60.3 Å². The molecule has 0 bridgehead atoms. The zero-order valence-corrected chi connectivity index (χ0v) is 29.2. The van der Waals surface area contributed by atoms with Gasteiger partial charge >= 0.3 is 29.6 Å². The van der Waals surface area contributed by atoms with Gasteiger partial charge in [-0.25, -0.2) is 8.42 Å². The van der Waals surface area contributed by atoms with E-state index in [0.717, 1.165) is 27.6 Å². The average molecular weight is 690 g/mol. The van der Waals surface area contributed by atoms with Crippen LogP contribution < -0.4 is 45.3 Å². The Morgan fingerprint density at radius 2 is 1.39 bits per heavy atom. The molecule has 0 radical (unpaired) electrons. The van der Waals surface area contributed by atoms with E-state index in [0.29, 0.717) is 44.5 Å². The molecule has 49 heavy (non-hydrogen) atoms. The van der Waals surface area contributed by atoms with Gasteiger partial charge in [0, 0.05) is 28.3 Å². The molecule has 0 spiro atoms. The predicted molar refractivity (Wildman–Crippen MR) is 178 cm³/mol. The molecular weight excluding hydrogens is 661 g/mol. The van der Waals surface area contributed by atoms with Crippen molar-refractivity contribution in [3.8, 4) is 5.75 Å². The molecule has 244 valence electrons. The first-order valence-corrected chi connectivity index (χ1v) is 16.2. The van der Waals surface area contributed by atoms with Crippen LogP contribution in [-0.2, 0) is 19.6 Å². The smallest absolute Gasteiger partial charge is 0.744 e. The number of hydrogen-bond donors (Lipinski definition) is 2. The van der Waals surface area contributed by atoms with Gasteiger partial charge in [-0.15, -0.1) is 0 Å². The number of ketones is 2. The first-order chi connectivity index (χ1) is 23.2. The van der Waals surface area contributed by atoms with Crippen molar-refractivity contribution in [2.24, 2.45) is 5.11 Å². The number of nitrogens with one attached hydrogen (secondary N) is 1. The summed E-state index contributed by atoms with van der Waals surface area (Å²) >= 11 is 0. The van der Waals surface area contributed by atoms with Crippen molar-refractivity contribution in [2.75, 3.05) is 50.6 Å². The van der Waals surface area contributed by atoms with E-state index in [4.69, 9.17) is 25.5 Å². The van der Waals surface area contributed by atoms with E-state index >= 15 is 0 Å². The van der Waals surface area contributed by atoms with Gasteiger partial charge < -0.3 is 29.8 Å². The van der Waals surface area contributed by atoms with Gasteiger partial charge in [0.25, 0.3) is 0 Å². The monoisotopic (exact) mass is 689 g/mol. The van der Waals surface area contributed by atoms with E-state index in [1.807, 2.05) is 42.5 Å². The molecule has 13 nitrogen and oxygen atoms in total. The number of carbonyl (C=O) groups is 2. The molecule has 1 aliphatic carbocycles. The Morgan fingerprint density at radius 3 is 2.06 bits per heavy atom. The Balaban J connectivity index is 0.00000468. The largest absolute Gasteiger partial charge is 1.00 e. The van der Waals surface area contributed by atoms with Crippen LogP contribution in [0.3, 0.4) is 0 Å². The number of carbonyl (C=O) groups excluding carboxylic acids is 2. The molecule has 0 atom stereocenters. The molecule has 0 heterocycles. The van der Waals surface area contributed by atoms with Crippen LogP contribution in [0.1, 0.15) is 31.8 Å². The second-order valence-corrected chi connectivity index (χ2v) is 12.2. The van der Waals surface area contributed by atoms with Gasteiger partial charge in [-0.3, -0.25) is 9.59 Å². The van der Waals surface area contributed by atoms with Gasteiger partial charge in [0.1, 0.15) is 22.5 Å². The van der Waals surface area contributed by atoms with Crippen LogP contribution in [0.25, 0.3) is 32.0 Å². The number of azide groups is 1. The summed E-state index contributed by atoms with van der Waals surface area (Å²) in [4.78, 5) is 28.9. The molecule has 0 unspecified atom stereocenters. The summed E-state index contributed by atoms with van der Waals surface area (Å²) in [7, 11) is -5.09. The SMILES string of the molecule is [N-]=[N+]=NCCOCCOCCOc1ccc2cc3cc(Nc4cc(S(=O)(=O)[O-])c(N)c5c4C(=O)c4ccccc4C5=O)ccc3cc2c1.[Na+]. The van der Waals surface area contributed by atoms with Crippen molar-refractivity contribution in [2.45, 2.75) is 4.90 Å². The molecule has 0 saturated carbocycles. The van der Waals surface area contributed by atoms with E-state index < -0.39 is 32.3 Å². The summed E-state index contributed by atoms with van der Waals surface area (Å²) in [6.07, 6.45) is 0. The van der Waals surface area contributed by atoms with Crippen LogP contribution in [0.2, 0.25) is 0 Å². The Bertz CT molecular complexity index is 2260. The van der Waals surface area contributed by atoms with Crippen LogP contribution >= 0.6 is 0 Å². The van der Waals surface area contributed by atoms with Gasteiger partial charge in [0.2, 0.25) is 0 Å². The second kappa shape index (κ2) is 15.4. The average Bonchev–Trinajstić information content (AvgIpc) is 3.07. The normalized spacial score (nSPS) is 12.2. The van der Waals surface area contributed by atoms with Gasteiger partial charge in [0.05, 0.1) is 53.8 Å². The Kier molecular flexibility index (Phi) is 11.2. The van der Waals surface area contributed by atoms with Gasteiger partial charge in [0.15, 0.2) is 11.6 Å². The van der Waals surface area contributed by atoms with Crippen molar-refractivity contribution in [3.05, 3.63) is 112 Å². The van der Waals surface area contributed by atoms with Crippen molar-refractivity contribution < 1.29 is 66.3 Å². The van der Waals surface area contributed by atoms with Gasteiger partial charge in [-0.05, 0) is 69.5 Å². The fourth-order valence-corrected chi connectivity index (χ4v) is 6.22. The third-order valence-corrected chi connectivity index (χ3v) is 8.66. The minimum Gasteiger partial charge on any atom is -0.744 e. The molecule has 1 aliphatic rings. The van der Waals surface area contributed by atoms with Crippen molar-refractivity contribution in [3.63, 3.8) is 0 Å². The second-order valence-electron chi connectivity index (χ2n) is 10.8. The molecule has 0 saturated heterocycles. The minimum absolute atomic E-state index is 0. The number of fused-ring (bicyclic) bond motifs is 4. The summed E-state index contributed by atoms with van der Waals surface area (Å²) in [6.45, 7) is 2.11. The zero-order chi connectivity index (χ0) is 33.8.